The summed E-state index contributed by atoms with van der Waals surface area (Å²) in [5.41, 5.74) is 1.02. The largest absolute Gasteiger partial charge is 0.494 e. The number of methoxy groups -OCH3 is 2. The molecule has 0 aromatic heterocycles. The summed E-state index contributed by atoms with van der Waals surface area (Å²) >= 11 is 0. The fraction of sp³-hybridized carbons (Fsp3) is 0.387. The predicted molar refractivity (Wildman–Crippen MR) is 153 cm³/mol. The molecule has 212 valence electrons. The molecule has 0 unspecified atom stereocenters. The van der Waals surface area contributed by atoms with E-state index >= 15 is 0 Å². The summed E-state index contributed by atoms with van der Waals surface area (Å²) in [7, 11) is 2.66. The number of benzene rings is 3. The highest BCUT2D eigenvalue weighted by molar-refractivity contribution is 6.48. The Hall–Kier alpha value is -3.95. The van der Waals surface area contributed by atoms with Gasteiger partial charge >= 0.3 is 5.97 Å². The topological polar surface area (TPSA) is 103 Å². The van der Waals surface area contributed by atoms with E-state index in [1.165, 1.54) is 14.2 Å². The Kier molecular flexibility index (Phi) is 9.07. The van der Waals surface area contributed by atoms with Gasteiger partial charge in [0.2, 0.25) is 0 Å². The van der Waals surface area contributed by atoms with Crippen LogP contribution in [0.3, 0.4) is 0 Å². The van der Waals surface area contributed by atoms with Crippen molar-refractivity contribution in [3.05, 3.63) is 65.2 Å². The highest BCUT2D eigenvalue weighted by Gasteiger charge is 2.27. The molecule has 9 nitrogen and oxygen atoms in total. The Balaban J connectivity index is 1.60. The third-order valence-corrected chi connectivity index (χ3v) is 6.92. The van der Waals surface area contributed by atoms with E-state index in [0.717, 1.165) is 43.8 Å². The third-order valence-electron chi connectivity index (χ3n) is 6.92. The first kappa shape index (κ1) is 29.0. The lowest BCUT2D eigenvalue weighted by Crippen LogP contribution is -2.38. The number of rotatable bonds is 9. The van der Waals surface area contributed by atoms with Crippen LogP contribution >= 0.6 is 0 Å². The summed E-state index contributed by atoms with van der Waals surface area (Å²) in [6.45, 7) is 10.4. The number of nitrogens with one attached hydrogen (secondary N) is 1. The van der Waals surface area contributed by atoms with Crippen LogP contribution in [-0.4, -0.2) is 76.2 Å². The third kappa shape index (κ3) is 6.43. The highest BCUT2D eigenvalue weighted by Crippen LogP contribution is 2.36. The molecule has 1 saturated heterocycles. The summed E-state index contributed by atoms with van der Waals surface area (Å²) in [6.07, 6.45) is 0. The van der Waals surface area contributed by atoms with Gasteiger partial charge in [0, 0.05) is 30.6 Å². The van der Waals surface area contributed by atoms with Crippen LogP contribution in [0.5, 0.6) is 11.5 Å². The average Bonchev–Trinajstić information content (AvgIpc) is 2.96. The minimum absolute atomic E-state index is 0.120. The maximum absolute atomic E-state index is 13.4. The van der Waals surface area contributed by atoms with Gasteiger partial charge < -0.3 is 24.3 Å². The van der Waals surface area contributed by atoms with Crippen molar-refractivity contribution in [2.45, 2.75) is 26.2 Å². The lowest BCUT2D eigenvalue weighted by molar-refractivity contribution is -0.112. The maximum Gasteiger partial charge on any atom is 0.341 e. The van der Waals surface area contributed by atoms with Gasteiger partial charge in [-0.15, -0.1) is 0 Å². The van der Waals surface area contributed by atoms with Crippen LogP contribution in [-0.2, 0) is 19.7 Å². The second-order valence-corrected chi connectivity index (χ2v) is 10.6. The molecule has 0 radical (unpaired) electrons. The number of hydrogen-bond acceptors (Lipinski definition) is 8. The van der Waals surface area contributed by atoms with Gasteiger partial charge in [0.1, 0.15) is 17.9 Å². The monoisotopic (exact) mass is 548 g/mol. The van der Waals surface area contributed by atoms with E-state index in [-0.39, 0.29) is 28.0 Å². The van der Waals surface area contributed by atoms with E-state index in [2.05, 4.69) is 10.2 Å². The molecule has 3 aromatic rings. The molecule has 40 heavy (non-hydrogen) atoms. The molecular weight excluding hydrogens is 512 g/mol. The minimum atomic E-state index is -0.855. The zero-order chi connectivity index (χ0) is 28.9. The smallest absolute Gasteiger partial charge is 0.341 e. The normalized spacial score (nSPS) is 14.0. The van der Waals surface area contributed by atoms with E-state index < -0.39 is 17.7 Å². The van der Waals surface area contributed by atoms with Gasteiger partial charge in [0.25, 0.3) is 11.7 Å². The second-order valence-electron chi connectivity index (χ2n) is 10.6. The number of ether oxygens (including phenoxy) is 4. The zero-order valence-corrected chi connectivity index (χ0v) is 23.7. The van der Waals surface area contributed by atoms with Crippen LogP contribution in [0.25, 0.3) is 10.8 Å². The van der Waals surface area contributed by atoms with Gasteiger partial charge in [-0.3, -0.25) is 14.5 Å². The van der Waals surface area contributed by atoms with Crippen molar-refractivity contribution < 1.29 is 33.3 Å². The molecule has 3 aromatic carbocycles. The molecule has 1 aliphatic rings. The van der Waals surface area contributed by atoms with Crippen LogP contribution in [0, 0.1) is 0 Å². The number of hydrogen-bond donors (Lipinski definition) is 1. The van der Waals surface area contributed by atoms with Crippen LogP contribution in [0.2, 0.25) is 0 Å². The van der Waals surface area contributed by atoms with E-state index in [4.69, 9.17) is 18.9 Å². The second kappa shape index (κ2) is 12.5. The van der Waals surface area contributed by atoms with Gasteiger partial charge in [-0.05, 0) is 40.6 Å². The van der Waals surface area contributed by atoms with Crippen LogP contribution < -0.4 is 14.8 Å². The average molecular weight is 549 g/mol. The molecule has 4 rings (SSSR count). The SMILES string of the molecule is COC(=O)c1cc(C(C)(C)C)cc(NC(=O)C(=O)c2ccc(OCCN3CCOCC3)c3ccccc23)c1OC. The molecule has 9 heteroatoms. The number of fused-ring (bicyclic) bond motifs is 1. The van der Waals surface area contributed by atoms with Crippen molar-refractivity contribution in [3.8, 4) is 11.5 Å². The number of Topliss-reactive ketones (excluding diaryl/α,β-unsaturated/α-hetero) is 1. The Morgan fingerprint density at radius 2 is 1.65 bits per heavy atom. The van der Waals surface area contributed by atoms with Crippen LogP contribution in [0.4, 0.5) is 5.69 Å². The van der Waals surface area contributed by atoms with Gasteiger partial charge in [-0.25, -0.2) is 4.79 Å². The van der Waals surface area contributed by atoms with Gasteiger partial charge in [-0.2, -0.15) is 0 Å². The van der Waals surface area contributed by atoms with Crippen molar-refractivity contribution in [2.75, 3.05) is 59.0 Å². The predicted octanol–water partition coefficient (Wildman–Crippen LogP) is 4.46. The standard InChI is InChI=1S/C31H36N2O7/c1-31(2,3)20-18-24(30(36)38-5)28(37-4)25(19-20)32-29(35)27(34)23-10-11-26(22-9-7-6-8-21(22)23)40-17-14-33-12-15-39-16-13-33/h6-11,18-19H,12-17H2,1-5H3,(H,32,35). The molecule has 1 N–H and O–H groups in total. The molecule has 0 aliphatic carbocycles. The molecule has 0 bridgehead atoms. The van der Waals surface area contributed by atoms with E-state index in [1.54, 1.807) is 30.3 Å². The molecule has 1 fully saturated rings. The van der Waals surface area contributed by atoms with Crippen molar-refractivity contribution in [3.63, 3.8) is 0 Å². The zero-order valence-electron chi connectivity index (χ0n) is 23.7. The summed E-state index contributed by atoms with van der Waals surface area (Å²) in [5, 5.41) is 4.02. The Morgan fingerprint density at radius 1 is 0.950 bits per heavy atom. The van der Waals surface area contributed by atoms with Gasteiger partial charge in [0.15, 0.2) is 5.75 Å². The van der Waals surface area contributed by atoms with E-state index in [0.29, 0.717) is 17.7 Å². The van der Waals surface area contributed by atoms with Crippen molar-refractivity contribution in [1.82, 2.24) is 4.90 Å². The van der Waals surface area contributed by atoms with Gasteiger partial charge in [-0.1, -0.05) is 45.0 Å². The van der Waals surface area contributed by atoms with Crippen molar-refractivity contribution in [2.24, 2.45) is 0 Å². The fourth-order valence-corrected chi connectivity index (χ4v) is 4.64. The Bertz CT molecular complexity index is 1400. The number of amides is 1. The number of carbonyl (C=O) groups excluding carboxylic acids is 3. The summed E-state index contributed by atoms with van der Waals surface area (Å²) in [4.78, 5) is 41.5. The van der Waals surface area contributed by atoms with Gasteiger partial charge in [0.05, 0.1) is 33.1 Å². The quantitative estimate of drug-likeness (QED) is 0.237. The fourth-order valence-electron chi connectivity index (χ4n) is 4.64. The number of carbonyl (C=O) groups is 3. The Labute approximate surface area is 234 Å². The summed E-state index contributed by atoms with van der Waals surface area (Å²) in [6, 6.07) is 14.0. The van der Waals surface area contributed by atoms with Crippen molar-refractivity contribution in [1.29, 1.82) is 0 Å². The van der Waals surface area contributed by atoms with E-state index in [1.807, 2.05) is 39.0 Å². The number of nitrogens with zero attached hydrogens (tertiary/aromatic N) is 1. The molecule has 0 saturated carbocycles. The first-order chi connectivity index (χ1) is 19.1. The molecule has 1 heterocycles. The molecular formula is C31H36N2O7. The number of morpholine rings is 1. The number of anilines is 1. The first-order valence-electron chi connectivity index (χ1n) is 13.2. The minimum Gasteiger partial charge on any atom is -0.494 e. The molecule has 0 spiro atoms. The summed E-state index contributed by atoms with van der Waals surface area (Å²) in [5.74, 6) is -1.43. The molecule has 1 amide bonds. The van der Waals surface area contributed by atoms with E-state index in [9.17, 15) is 14.4 Å². The lowest BCUT2D eigenvalue weighted by atomic mass is 9.85. The summed E-state index contributed by atoms with van der Waals surface area (Å²) < 4.78 is 21.9. The Morgan fingerprint density at radius 3 is 2.30 bits per heavy atom. The molecule has 0 atom stereocenters. The van der Waals surface area contributed by atoms with Crippen molar-refractivity contribution >= 4 is 34.1 Å². The lowest BCUT2D eigenvalue weighted by Gasteiger charge is -2.26. The number of ketones is 1. The number of esters is 1. The maximum atomic E-state index is 13.4. The first-order valence-corrected chi connectivity index (χ1v) is 13.2. The molecule has 1 aliphatic heterocycles. The highest BCUT2D eigenvalue weighted by atomic mass is 16.5. The van der Waals surface area contributed by atoms with Crippen LogP contribution in [0.15, 0.2) is 48.5 Å². The van der Waals surface area contributed by atoms with Crippen LogP contribution in [0.1, 0.15) is 47.1 Å².